The first-order chi connectivity index (χ1) is 7.29. The molecule has 0 saturated heterocycles. The summed E-state index contributed by atoms with van der Waals surface area (Å²) in [6, 6.07) is 7.66. The summed E-state index contributed by atoms with van der Waals surface area (Å²) < 4.78 is 0. The van der Waals surface area contributed by atoms with E-state index in [1.165, 1.54) is 11.8 Å². The zero-order chi connectivity index (χ0) is 10.7. The summed E-state index contributed by atoms with van der Waals surface area (Å²) in [4.78, 5) is 18.6. The lowest BCUT2D eigenvalue weighted by Gasteiger charge is -1.97. The summed E-state index contributed by atoms with van der Waals surface area (Å²) in [7, 11) is 0. The first-order valence-electron chi connectivity index (χ1n) is 4.53. The van der Waals surface area contributed by atoms with Crippen molar-refractivity contribution in [1.82, 2.24) is 9.97 Å². The number of para-hydroxylation sites is 2. The van der Waals surface area contributed by atoms with E-state index in [2.05, 4.69) is 15.3 Å². The van der Waals surface area contributed by atoms with Crippen LogP contribution in [0.5, 0.6) is 0 Å². The largest absolute Gasteiger partial charge is 0.324 e. The number of aromatic amines is 1. The van der Waals surface area contributed by atoms with Crippen molar-refractivity contribution in [3.8, 4) is 0 Å². The van der Waals surface area contributed by atoms with E-state index in [1.54, 1.807) is 0 Å². The molecular formula is C10H11N3OS. The molecular weight excluding hydrogens is 210 g/mol. The molecule has 0 aliphatic heterocycles. The maximum Gasteiger partial charge on any atom is 0.236 e. The van der Waals surface area contributed by atoms with E-state index in [4.69, 9.17) is 0 Å². The molecule has 0 unspecified atom stereocenters. The van der Waals surface area contributed by atoms with Crippen LogP contribution in [0.15, 0.2) is 24.3 Å². The zero-order valence-corrected chi connectivity index (χ0v) is 9.10. The minimum Gasteiger partial charge on any atom is -0.324 e. The smallest absolute Gasteiger partial charge is 0.236 e. The van der Waals surface area contributed by atoms with Crippen LogP contribution in [0.25, 0.3) is 11.0 Å². The number of rotatable bonds is 3. The minimum atomic E-state index is -0.0402. The van der Waals surface area contributed by atoms with Crippen LogP contribution in [-0.2, 0) is 4.79 Å². The van der Waals surface area contributed by atoms with Gasteiger partial charge in [0.15, 0.2) is 0 Å². The Morgan fingerprint density at radius 1 is 1.53 bits per heavy atom. The predicted molar refractivity (Wildman–Crippen MR) is 63.1 cm³/mol. The van der Waals surface area contributed by atoms with Gasteiger partial charge in [-0.15, -0.1) is 0 Å². The third kappa shape index (κ3) is 2.30. The van der Waals surface area contributed by atoms with E-state index in [9.17, 15) is 4.79 Å². The number of thioether (sulfide) groups is 1. The third-order valence-corrected chi connectivity index (χ3v) is 2.47. The van der Waals surface area contributed by atoms with Crippen LogP contribution < -0.4 is 5.32 Å². The van der Waals surface area contributed by atoms with Gasteiger partial charge in [-0.05, 0) is 18.4 Å². The summed E-state index contributed by atoms with van der Waals surface area (Å²) in [5.41, 5.74) is 1.79. The molecule has 0 spiro atoms. The molecule has 0 bridgehead atoms. The van der Waals surface area contributed by atoms with Crippen molar-refractivity contribution in [2.75, 3.05) is 17.3 Å². The standard InChI is InChI=1S/C10H11N3OS/c1-15-6-9(14)13-10-11-7-4-2-3-5-8(7)12-10/h2-5H,6H2,1H3,(H2,11,12,13,14). The van der Waals surface area contributed by atoms with Crippen molar-refractivity contribution in [2.24, 2.45) is 0 Å². The van der Waals surface area contributed by atoms with Gasteiger partial charge in [-0.25, -0.2) is 4.98 Å². The number of carbonyl (C=O) groups excluding carboxylic acids is 1. The fourth-order valence-corrected chi connectivity index (χ4v) is 1.65. The number of hydrogen-bond donors (Lipinski definition) is 2. The van der Waals surface area contributed by atoms with E-state index in [0.717, 1.165) is 11.0 Å². The number of amides is 1. The first kappa shape index (κ1) is 10.0. The molecule has 15 heavy (non-hydrogen) atoms. The van der Waals surface area contributed by atoms with Crippen LogP contribution in [0.4, 0.5) is 5.95 Å². The second-order valence-electron chi connectivity index (χ2n) is 3.08. The van der Waals surface area contributed by atoms with E-state index in [-0.39, 0.29) is 5.91 Å². The molecule has 1 aromatic carbocycles. The average molecular weight is 221 g/mol. The highest BCUT2D eigenvalue weighted by Crippen LogP contribution is 2.13. The predicted octanol–water partition coefficient (Wildman–Crippen LogP) is 1.86. The molecule has 4 nitrogen and oxygen atoms in total. The number of aromatic nitrogens is 2. The zero-order valence-electron chi connectivity index (χ0n) is 8.28. The summed E-state index contributed by atoms with van der Waals surface area (Å²) in [6.07, 6.45) is 1.89. The van der Waals surface area contributed by atoms with Gasteiger partial charge in [0.05, 0.1) is 16.8 Å². The second kappa shape index (κ2) is 4.35. The van der Waals surface area contributed by atoms with E-state index in [1.807, 2.05) is 30.5 Å². The van der Waals surface area contributed by atoms with Crippen molar-refractivity contribution in [1.29, 1.82) is 0 Å². The first-order valence-corrected chi connectivity index (χ1v) is 5.92. The van der Waals surface area contributed by atoms with Gasteiger partial charge in [0.25, 0.3) is 0 Å². The molecule has 2 rings (SSSR count). The normalized spacial score (nSPS) is 10.5. The Bertz CT molecular complexity index is 447. The molecule has 0 atom stereocenters. The van der Waals surface area contributed by atoms with Gasteiger partial charge >= 0.3 is 0 Å². The quantitative estimate of drug-likeness (QED) is 0.831. The Balaban J connectivity index is 2.18. The number of carbonyl (C=O) groups is 1. The third-order valence-electron chi connectivity index (χ3n) is 1.92. The van der Waals surface area contributed by atoms with Crippen LogP contribution in [-0.4, -0.2) is 27.9 Å². The van der Waals surface area contributed by atoms with Crippen LogP contribution in [0.3, 0.4) is 0 Å². The van der Waals surface area contributed by atoms with Crippen LogP contribution >= 0.6 is 11.8 Å². The van der Waals surface area contributed by atoms with Crippen molar-refractivity contribution in [2.45, 2.75) is 0 Å². The number of hydrogen-bond acceptors (Lipinski definition) is 3. The molecule has 78 valence electrons. The maximum atomic E-state index is 11.3. The van der Waals surface area contributed by atoms with Crippen LogP contribution in [0, 0.1) is 0 Å². The molecule has 0 aliphatic rings. The van der Waals surface area contributed by atoms with Gasteiger partial charge in [0, 0.05) is 0 Å². The highest BCUT2D eigenvalue weighted by atomic mass is 32.2. The van der Waals surface area contributed by atoms with Crippen LogP contribution in [0.2, 0.25) is 0 Å². The number of fused-ring (bicyclic) bond motifs is 1. The van der Waals surface area contributed by atoms with Crippen molar-refractivity contribution in [3.63, 3.8) is 0 Å². The van der Waals surface area contributed by atoms with Crippen molar-refractivity contribution in [3.05, 3.63) is 24.3 Å². The SMILES string of the molecule is CSCC(=O)Nc1nc2ccccc2[nH]1. The van der Waals surface area contributed by atoms with Gasteiger partial charge in [-0.3, -0.25) is 10.1 Å². The number of anilines is 1. The lowest BCUT2D eigenvalue weighted by molar-refractivity contribution is -0.113. The molecule has 2 N–H and O–H groups in total. The van der Waals surface area contributed by atoms with Crippen LogP contribution in [0.1, 0.15) is 0 Å². The van der Waals surface area contributed by atoms with Gasteiger partial charge in [-0.1, -0.05) is 12.1 Å². The fourth-order valence-electron chi connectivity index (χ4n) is 1.31. The summed E-state index contributed by atoms with van der Waals surface area (Å²) >= 11 is 1.48. The van der Waals surface area contributed by atoms with E-state index < -0.39 is 0 Å². The van der Waals surface area contributed by atoms with Gasteiger partial charge in [0.1, 0.15) is 0 Å². The topological polar surface area (TPSA) is 57.8 Å². The number of imidazole rings is 1. The molecule has 5 heteroatoms. The highest BCUT2D eigenvalue weighted by molar-refractivity contribution is 7.99. The summed E-state index contributed by atoms with van der Waals surface area (Å²) in [5, 5.41) is 2.71. The molecule has 1 aromatic heterocycles. The van der Waals surface area contributed by atoms with Gasteiger partial charge < -0.3 is 4.98 Å². The maximum absolute atomic E-state index is 11.3. The Morgan fingerprint density at radius 3 is 3.07 bits per heavy atom. The molecule has 1 heterocycles. The number of nitrogens with one attached hydrogen (secondary N) is 2. The monoisotopic (exact) mass is 221 g/mol. The Labute approximate surface area is 91.5 Å². The summed E-state index contributed by atoms with van der Waals surface area (Å²) in [6.45, 7) is 0. The second-order valence-corrected chi connectivity index (χ2v) is 3.95. The number of H-pyrrole nitrogens is 1. The Morgan fingerprint density at radius 2 is 2.33 bits per heavy atom. The lowest BCUT2D eigenvalue weighted by Crippen LogP contribution is -2.14. The molecule has 1 amide bonds. The Hall–Kier alpha value is -1.49. The molecule has 2 aromatic rings. The van der Waals surface area contributed by atoms with Crippen molar-refractivity contribution >= 4 is 34.7 Å². The van der Waals surface area contributed by atoms with Gasteiger partial charge in [-0.2, -0.15) is 11.8 Å². The molecule has 0 aliphatic carbocycles. The summed E-state index contributed by atoms with van der Waals surface area (Å²) in [5.74, 6) is 0.911. The lowest BCUT2D eigenvalue weighted by atomic mass is 10.3. The Kier molecular flexibility index (Phi) is 2.91. The molecule has 0 fully saturated rings. The number of nitrogens with zero attached hydrogens (tertiary/aromatic N) is 1. The molecule has 0 radical (unpaired) electrons. The van der Waals surface area contributed by atoms with E-state index >= 15 is 0 Å². The molecule has 0 saturated carbocycles. The highest BCUT2D eigenvalue weighted by Gasteiger charge is 2.05. The van der Waals surface area contributed by atoms with Crippen molar-refractivity contribution < 1.29 is 4.79 Å². The number of benzene rings is 1. The van der Waals surface area contributed by atoms with E-state index in [0.29, 0.717) is 11.7 Å². The minimum absolute atomic E-state index is 0.0402. The fraction of sp³-hybridized carbons (Fsp3) is 0.200. The van der Waals surface area contributed by atoms with Gasteiger partial charge in [0.2, 0.25) is 11.9 Å². The average Bonchev–Trinajstić information content (AvgIpc) is 2.59.